The van der Waals surface area contributed by atoms with Crippen LogP contribution in [-0.4, -0.2) is 28.8 Å². The van der Waals surface area contributed by atoms with Gasteiger partial charge in [-0.15, -0.1) is 0 Å². The molecule has 0 bridgehead atoms. The molecule has 6 nitrogen and oxygen atoms in total. The van der Waals surface area contributed by atoms with E-state index in [0.29, 0.717) is 11.5 Å². The number of aromatic nitrogens is 3. The van der Waals surface area contributed by atoms with E-state index in [2.05, 4.69) is 24.4 Å². The van der Waals surface area contributed by atoms with Crippen molar-refractivity contribution >= 4 is 11.5 Å². The lowest BCUT2D eigenvalue weighted by atomic mass is 10.1. The summed E-state index contributed by atoms with van der Waals surface area (Å²) >= 11 is 0. The van der Waals surface area contributed by atoms with Gasteiger partial charge in [-0.05, 0) is 44.0 Å². The molecule has 0 aliphatic heterocycles. The van der Waals surface area contributed by atoms with Crippen LogP contribution in [0.3, 0.4) is 0 Å². The third-order valence-electron chi connectivity index (χ3n) is 5.23. The lowest BCUT2D eigenvalue weighted by Crippen LogP contribution is -2.11. The normalized spacial score (nSPS) is 12.0. The van der Waals surface area contributed by atoms with Gasteiger partial charge in [-0.2, -0.15) is 9.61 Å². The molecule has 2 aromatic heterocycles. The number of hydrogen-bond acceptors (Lipinski definition) is 5. The summed E-state index contributed by atoms with van der Waals surface area (Å²) in [4.78, 5) is 4.80. The highest BCUT2D eigenvalue weighted by molar-refractivity contribution is 5.82. The second-order valence-electron chi connectivity index (χ2n) is 7.33. The average Bonchev–Trinajstić information content (AvgIpc) is 3.09. The zero-order valence-corrected chi connectivity index (χ0v) is 17.9. The van der Waals surface area contributed by atoms with E-state index in [1.807, 2.05) is 60.8 Å². The maximum Gasteiger partial charge on any atom is 0.165 e. The molecule has 0 aliphatic carbocycles. The second kappa shape index (κ2) is 8.06. The minimum atomic E-state index is 0.130. The Hall–Kier alpha value is -3.54. The van der Waals surface area contributed by atoms with Crippen LogP contribution in [-0.2, 0) is 0 Å². The van der Waals surface area contributed by atoms with Crippen LogP contribution >= 0.6 is 0 Å². The van der Waals surface area contributed by atoms with E-state index in [4.69, 9.17) is 19.6 Å². The summed E-state index contributed by atoms with van der Waals surface area (Å²) in [5.41, 5.74) is 5.81. The molecular formula is C24H26N4O2. The molecule has 0 radical (unpaired) electrons. The molecule has 1 N–H and O–H groups in total. The number of benzene rings is 2. The number of methoxy groups -OCH3 is 2. The monoisotopic (exact) mass is 402 g/mol. The van der Waals surface area contributed by atoms with Crippen LogP contribution in [0.2, 0.25) is 0 Å². The van der Waals surface area contributed by atoms with Crippen molar-refractivity contribution in [2.24, 2.45) is 0 Å². The summed E-state index contributed by atoms with van der Waals surface area (Å²) in [5, 5.41) is 8.39. The predicted molar refractivity (Wildman–Crippen MR) is 119 cm³/mol. The molecule has 1 atom stereocenters. The summed E-state index contributed by atoms with van der Waals surface area (Å²) in [6.07, 6.45) is 0. The van der Waals surface area contributed by atoms with Gasteiger partial charge in [-0.1, -0.05) is 36.4 Å². The number of nitrogens with one attached hydrogen (secondary N) is 1. The number of anilines is 1. The summed E-state index contributed by atoms with van der Waals surface area (Å²) in [7, 11) is 3.27. The fourth-order valence-corrected chi connectivity index (χ4v) is 3.72. The van der Waals surface area contributed by atoms with E-state index < -0.39 is 0 Å². The van der Waals surface area contributed by atoms with Gasteiger partial charge in [0, 0.05) is 23.4 Å². The van der Waals surface area contributed by atoms with Crippen molar-refractivity contribution < 1.29 is 9.47 Å². The van der Waals surface area contributed by atoms with E-state index in [1.54, 1.807) is 14.2 Å². The Labute approximate surface area is 176 Å². The highest BCUT2D eigenvalue weighted by Gasteiger charge is 2.18. The van der Waals surface area contributed by atoms with Crippen LogP contribution in [0, 0.1) is 13.8 Å². The Morgan fingerprint density at radius 3 is 2.37 bits per heavy atom. The number of aryl methyl sites for hydroxylation is 2. The molecule has 4 rings (SSSR count). The van der Waals surface area contributed by atoms with Gasteiger partial charge in [0.15, 0.2) is 17.1 Å². The fourth-order valence-electron chi connectivity index (χ4n) is 3.72. The van der Waals surface area contributed by atoms with Crippen molar-refractivity contribution in [2.45, 2.75) is 26.8 Å². The summed E-state index contributed by atoms with van der Waals surface area (Å²) in [6.45, 7) is 6.14. The third kappa shape index (κ3) is 3.56. The highest BCUT2D eigenvalue weighted by atomic mass is 16.5. The van der Waals surface area contributed by atoms with Crippen molar-refractivity contribution in [1.29, 1.82) is 0 Å². The van der Waals surface area contributed by atoms with Crippen LogP contribution in [0.1, 0.15) is 29.9 Å². The van der Waals surface area contributed by atoms with Gasteiger partial charge in [0.1, 0.15) is 5.82 Å². The quantitative estimate of drug-likeness (QED) is 0.480. The first-order valence-corrected chi connectivity index (χ1v) is 9.92. The van der Waals surface area contributed by atoms with E-state index in [-0.39, 0.29) is 6.04 Å². The molecule has 2 heterocycles. The Kier molecular flexibility index (Phi) is 5.31. The van der Waals surface area contributed by atoms with E-state index >= 15 is 0 Å². The zero-order chi connectivity index (χ0) is 21.3. The molecule has 0 fully saturated rings. The highest BCUT2D eigenvalue weighted by Crippen LogP contribution is 2.36. The van der Waals surface area contributed by atoms with Crippen molar-refractivity contribution in [3.63, 3.8) is 0 Å². The molecule has 0 saturated carbocycles. The summed E-state index contributed by atoms with van der Waals surface area (Å²) < 4.78 is 12.8. The third-order valence-corrected chi connectivity index (χ3v) is 5.23. The fraction of sp³-hybridized carbons (Fsp3) is 0.250. The number of fused-ring (bicyclic) bond motifs is 1. The first kappa shape index (κ1) is 19.8. The van der Waals surface area contributed by atoms with E-state index in [9.17, 15) is 0 Å². The molecule has 0 aliphatic rings. The van der Waals surface area contributed by atoms with Gasteiger partial charge in [0.05, 0.1) is 19.9 Å². The molecular weight excluding hydrogens is 376 g/mol. The van der Waals surface area contributed by atoms with Crippen LogP contribution in [0.5, 0.6) is 11.5 Å². The largest absolute Gasteiger partial charge is 0.493 e. The second-order valence-corrected chi connectivity index (χ2v) is 7.33. The van der Waals surface area contributed by atoms with E-state index in [1.165, 1.54) is 5.56 Å². The Morgan fingerprint density at radius 2 is 1.67 bits per heavy atom. The molecule has 1 unspecified atom stereocenters. The van der Waals surface area contributed by atoms with Gasteiger partial charge in [0.2, 0.25) is 0 Å². The molecule has 30 heavy (non-hydrogen) atoms. The smallest absolute Gasteiger partial charge is 0.165 e. The van der Waals surface area contributed by atoms with Gasteiger partial charge in [0.25, 0.3) is 0 Å². The molecule has 2 aromatic carbocycles. The van der Waals surface area contributed by atoms with Crippen molar-refractivity contribution in [3.05, 3.63) is 71.5 Å². The predicted octanol–water partition coefficient (Wildman–Crippen LogP) is 5.20. The topological polar surface area (TPSA) is 60.7 Å². The Balaban J connectivity index is 1.81. The van der Waals surface area contributed by atoms with Crippen LogP contribution in [0.4, 0.5) is 5.82 Å². The van der Waals surface area contributed by atoms with Crippen LogP contribution in [0.25, 0.3) is 16.8 Å². The standard InChI is InChI=1S/C24H26N4O2/c1-15-13-22(26-16(2)18-9-7-6-8-10-18)28-24(25-15)23(17(3)27-28)19-11-12-20(29-4)21(14-19)30-5/h6-14,16,26H,1-5H3. The van der Waals surface area contributed by atoms with E-state index in [0.717, 1.165) is 34.0 Å². The lowest BCUT2D eigenvalue weighted by molar-refractivity contribution is 0.355. The Morgan fingerprint density at radius 1 is 0.933 bits per heavy atom. The lowest BCUT2D eigenvalue weighted by Gasteiger charge is -2.17. The maximum absolute atomic E-state index is 5.49. The summed E-state index contributed by atoms with van der Waals surface area (Å²) in [5.74, 6) is 2.28. The zero-order valence-electron chi connectivity index (χ0n) is 17.9. The number of rotatable bonds is 6. The SMILES string of the molecule is COc1ccc(-c2c(C)nn3c(NC(C)c4ccccc4)cc(C)nc23)cc1OC. The van der Waals surface area contributed by atoms with Gasteiger partial charge in [-0.25, -0.2) is 4.98 Å². The van der Waals surface area contributed by atoms with Crippen LogP contribution < -0.4 is 14.8 Å². The van der Waals surface area contributed by atoms with Crippen molar-refractivity contribution in [1.82, 2.24) is 14.6 Å². The molecule has 0 saturated heterocycles. The minimum absolute atomic E-state index is 0.130. The first-order chi connectivity index (χ1) is 14.5. The van der Waals surface area contributed by atoms with Gasteiger partial charge < -0.3 is 14.8 Å². The van der Waals surface area contributed by atoms with Gasteiger partial charge in [-0.3, -0.25) is 0 Å². The average molecular weight is 402 g/mol. The van der Waals surface area contributed by atoms with Crippen LogP contribution in [0.15, 0.2) is 54.6 Å². The number of ether oxygens (including phenoxy) is 2. The first-order valence-electron chi connectivity index (χ1n) is 9.92. The maximum atomic E-state index is 5.49. The molecule has 0 amide bonds. The van der Waals surface area contributed by atoms with Crippen molar-refractivity contribution in [3.8, 4) is 22.6 Å². The molecule has 4 aromatic rings. The molecule has 154 valence electrons. The van der Waals surface area contributed by atoms with Crippen molar-refractivity contribution in [2.75, 3.05) is 19.5 Å². The molecule has 6 heteroatoms. The van der Waals surface area contributed by atoms with Gasteiger partial charge >= 0.3 is 0 Å². The summed E-state index contributed by atoms with van der Waals surface area (Å²) in [6, 6.07) is 18.4. The minimum Gasteiger partial charge on any atom is -0.493 e. The number of nitrogens with zero attached hydrogens (tertiary/aromatic N) is 3. The number of hydrogen-bond donors (Lipinski definition) is 1. The Bertz CT molecular complexity index is 1190. The molecule has 0 spiro atoms.